The first-order valence-electron chi connectivity index (χ1n) is 7.86. The number of pyridine rings is 1. The summed E-state index contributed by atoms with van der Waals surface area (Å²) in [6.45, 7) is 2.15. The van der Waals surface area contributed by atoms with Crippen molar-refractivity contribution in [1.29, 1.82) is 0 Å². The van der Waals surface area contributed by atoms with E-state index in [1.807, 2.05) is 24.3 Å². The van der Waals surface area contributed by atoms with Gasteiger partial charge in [-0.05, 0) is 43.5 Å². The third-order valence-electron chi connectivity index (χ3n) is 4.48. The number of carbonyl (C=O) groups excluding carboxylic acids is 1. The highest BCUT2D eigenvalue weighted by atomic mass is 16.3. The summed E-state index contributed by atoms with van der Waals surface area (Å²) >= 11 is 0. The lowest BCUT2D eigenvalue weighted by molar-refractivity contribution is -0.117. The summed E-state index contributed by atoms with van der Waals surface area (Å²) in [5.74, 6) is 2.20. The topological polar surface area (TPSA) is 58.4 Å². The van der Waals surface area contributed by atoms with Crippen LogP contribution in [0.3, 0.4) is 0 Å². The zero-order valence-electron chi connectivity index (χ0n) is 12.4. The third kappa shape index (κ3) is 2.58. The largest absolute Gasteiger partial charge is 0.469 e. The van der Waals surface area contributed by atoms with Gasteiger partial charge in [0.2, 0.25) is 5.91 Å². The van der Waals surface area contributed by atoms with E-state index in [9.17, 15) is 4.79 Å². The van der Waals surface area contributed by atoms with Gasteiger partial charge in [0, 0.05) is 24.9 Å². The van der Waals surface area contributed by atoms with Gasteiger partial charge in [-0.15, -0.1) is 0 Å². The lowest BCUT2D eigenvalue weighted by Gasteiger charge is -2.16. The summed E-state index contributed by atoms with van der Waals surface area (Å²) in [5.41, 5.74) is 0.762. The molecule has 1 saturated heterocycles. The van der Waals surface area contributed by atoms with Gasteiger partial charge in [0.05, 0.1) is 18.1 Å². The number of nitrogens with one attached hydrogen (secondary N) is 1. The number of furan rings is 1. The lowest BCUT2D eigenvalue weighted by atomic mass is 10.2. The molecule has 22 heavy (non-hydrogen) atoms. The standard InChI is InChI=1S/C17H19N3O2/c21-17(14-10-13(14)15-4-3-9-22-15)19-12-5-6-16(18-11-12)20-7-1-2-8-20/h3-6,9,11,13-14H,1-2,7-8,10H2,(H,19,21)/t13-,14+/m1/s1. The van der Waals surface area contributed by atoms with Crippen molar-refractivity contribution in [3.8, 4) is 0 Å². The SMILES string of the molecule is O=C(Nc1ccc(N2CCCC2)nc1)[C@H]1C[C@H]1c1ccco1. The molecule has 5 heteroatoms. The summed E-state index contributed by atoms with van der Waals surface area (Å²) in [6, 6.07) is 7.72. The van der Waals surface area contributed by atoms with Crippen LogP contribution in [0.4, 0.5) is 11.5 Å². The normalized spacial score (nSPS) is 23.5. The Morgan fingerprint density at radius 1 is 1.27 bits per heavy atom. The van der Waals surface area contributed by atoms with Crippen LogP contribution in [0.15, 0.2) is 41.1 Å². The molecule has 2 aromatic heterocycles. The van der Waals surface area contributed by atoms with Crippen molar-refractivity contribution in [2.45, 2.75) is 25.2 Å². The van der Waals surface area contributed by atoms with Crippen LogP contribution >= 0.6 is 0 Å². The first-order chi connectivity index (χ1) is 10.8. The first kappa shape index (κ1) is 13.4. The molecule has 0 bridgehead atoms. The molecule has 0 radical (unpaired) electrons. The van der Waals surface area contributed by atoms with Gasteiger partial charge in [-0.1, -0.05) is 0 Å². The molecule has 114 valence electrons. The molecule has 0 aromatic carbocycles. The van der Waals surface area contributed by atoms with E-state index >= 15 is 0 Å². The maximum Gasteiger partial charge on any atom is 0.228 e. The number of rotatable bonds is 4. The number of hydrogen-bond donors (Lipinski definition) is 1. The molecule has 1 aliphatic heterocycles. The molecule has 4 rings (SSSR count). The van der Waals surface area contributed by atoms with Crippen molar-refractivity contribution >= 4 is 17.4 Å². The van der Waals surface area contributed by atoms with E-state index in [1.165, 1.54) is 12.8 Å². The Kier molecular flexibility index (Phi) is 3.33. The van der Waals surface area contributed by atoms with Crippen molar-refractivity contribution < 1.29 is 9.21 Å². The average molecular weight is 297 g/mol. The van der Waals surface area contributed by atoms with Crippen molar-refractivity contribution in [3.05, 3.63) is 42.5 Å². The van der Waals surface area contributed by atoms with Gasteiger partial charge >= 0.3 is 0 Å². The van der Waals surface area contributed by atoms with Crippen LogP contribution in [0, 0.1) is 5.92 Å². The van der Waals surface area contributed by atoms with Crippen LogP contribution in [0.5, 0.6) is 0 Å². The molecule has 2 fully saturated rings. The minimum atomic E-state index is 0.0180. The van der Waals surface area contributed by atoms with Crippen molar-refractivity contribution in [2.24, 2.45) is 5.92 Å². The van der Waals surface area contributed by atoms with Crippen LogP contribution in [-0.4, -0.2) is 24.0 Å². The lowest BCUT2D eigenvalue weighted by Crippen LogP contribution is -2.19. The molecule has 2 atom stereocenters. The second kappa shape index (κ2) is 5.48. The van der Waals surface area contributed by atoms with Gasteiger partial charge in [0.15, 0.2) is 0 Å². The third-order valence-corrected chi connectivity index (χ3v) is 4.48. The molecule has 2 aromatic rings. The minimum absolute atomic E-state index is 0.0180. The van der Waals surface area contributed by atoms with E-state index in [1.54, 1.807) is 12.5 Å². The Labute approximate surface area is 129 Å². The predicted molar refractivity (Wildman–Crippen MR) is 83.9 cm³/mol. The Hall–Kier alpha value is -2.30. The Morgan fingerprint density at radius 3 is 2.82 bits per heavy atom. The molecule has 0 spiro atoms. The fraction of sp³-hybridized carbons (Fsp3) is 0.412. The maximum absolute atomic E-state index is 12.2. The van der Waals surface area contributed by atoms with Crippen molar-refractivity contribution in [3.63, 3.8) is 0 Å². The number of anilines is 2. The van der Waals surface area contributed by atoms with Gasteiger partial charge in [-0.2, -0.15) is 0 Å². The summed E-state index contributed by atoms with van der Waals surface area (Å²) in [5, 5.41) is 2.95. The minimum Gasteiger partial charge on any atom is -0.469 e. The molecule has 2 aliphatic rings. The summed E-state index contributed by atoms with van der Waals surface area (Å²) in [7, 11) is 0. The molecular formula is C17H19N3O2. The second-order valence-electron chi connectivity index (χ2n) is 6.05. The van der Waals surface area contributed by atoms with E-state index < -0.39 is 0 Å². The molecule has 1 saturated carbocycles. The summed E-state index contributed by atoms with van der Waals surface area (Å²) in [6.07, 6.45) is 6.73. The van der Waals surface area contributed by atoms with E-state index in [0.717, 1.165) is 36.8 Å². The quantitative estimate of drug-likeness (QED) is 0.942. The number of carbonyl (C=O) groups is 1. The number of aromatic nitrogens is 1. The molecule has 1 amide bonds. The zero-order valence-corrected chi connectivity index (χ0v) is 12.4. The van der Waals surface area contributed by atoms with Crippen molar-refractivity contribution in [2.75, 3.05) is 23.3 Å². The monoisotopic (exact) mass is 297 g/mol. The molecule has 0 unspecified atom stereocenters. The summed E-state index contributed by atoms with van der Waals surface area (Å²) in [4.78, 5) is 19.0. The zero-order chi connectivity index (χ0) is 14.9. The average Bonchev–Trinajstić information content (AvgIpc) is 2.97. The van der Waals surface area contributed by atoms with Gasteiger partial charge < -0.3 is 14.6 Å². The van der Waals surface area contributed by atoms with E-state index in [2.05, 4.69) is 15.2 Å². The molecule has 1 N–H and O–H groups in total. The fourth-order valence-electron chi connectivity index (χ4n) is 3.13. The molecule has 5 nitrogen and oxygen atoms in total. The first-order valence-corrected chi connectivity index (χ1v) is 7.86. The fourth-order valence-corrected chi connectivity index (χ4v) is 3.13. The highest BCUT2D eigenvalue weighted by molar-refractivity contribution is 5.95. The van der Waals surface area contributed by atoms with Gasteiger partial charge in [-0.25, -0.2) is 4.98 Å². The molecule has 1 aliphatic carbocycles. The number of hydrogen-bond acceptors (Lipinski definition) is 4. The Bertz CT molecular complexity index is 645. The predicted octanol–water partition coefficient (Wildman–Crippen LogP) is 3.02. The summed E-state index contributed by atoms with van der Waals surface area (Å²) < 4.78 is 5.36. The van der Waals surface area contributed by atoms with Gasteiger partial charge in [0.25, 0.3) is 0 Å². The van der Waals surface area contributed by atoms with Crippen LogP contribution in [0.1, 0.15) is 30.9 Å². The van der Waals surface area contributed by atoms with Crippen molar-refractivity contribution in [1.82, 2.24) is 4.98 Å². The van der Waals surface area contributed by atoms with E-state index in [4.69, 9.17) is 4.42 Å². The highest BCUT2D eigenvalue weighted by Crippen LogP contribution is 2.48. The van der Waals surface area contributed by atoms with Gasteiger partial charge in [0.1, 0.15) is 11.6 Å². The number of nitrogens with zero attached hydrogens (tertiary/aromatic N) is 2. The van der Waals surface area contributed by atoms with E-state index in [-0.39, 0.29) is 17.7 Å². The maximum atomic E-state index is 12.2. The smallest absolute Gasteiger partial charge is 0.228 e. The molecule has 3 heterocycles. The van der Waals surface area contributed by atoms with Crippen LogP contribution < -0.4 is 10.2 Å². The van der Waals surface area contributed by atoms with Gasteiger partial charge in [-0.3, -0.25) is 4.79 Å². The highest BCUT2D eigenvalue weighted by Gasteiger charge is 2.45. The number of amides is 1. The second-order valence-corrected chi connectivity index (χ2v) is 6.05. The van der Waals surface area contributed by atoms with Crippen LogP contribution in [0.25, 0.3) is 0 Å². The van der Waals surface area contributed by atoms with E-state index in [0.29, 0.717) is 0 Å². The Balaban J connectivity index is 1.36. The van der Waals surface area contributed by atoms with Crippen LogP contribution in [-0.2, 0) is 4.79 Å². The Morgan fingerprint density at radius 2 is 2.14 bits per heavy atom. The molecular weight excluding hydrogens is 278 g/mol. The van der Waals surface area contributed by atoms with Crippen LogP contribution in [0.2, 0.25) is 0 Å².